The smallest absolute Gasteiger partial charge is 0.274 e. The summed E-state index contributed by atoms with van der Waals surface area (Å²) in [6.07, 6.45) is 1.34. The standard InChI is InChI=1S/C19H22FN3O3/c1-2-23-17(14-4-3-5-15(20)12-14)13-16(21-23)18(24)22-8-6-19(7-9-22)25-10-11-26-19/h3-5,12-13H,2,6-11H2,1H3. The van der Waals surface area contributed by atoms with Crippen LogP contribution in [0.5, 0.6) is 0 Å². The largest absolute Gasteiger partial charge is 0.347 e. The Kier molecular flexibility index (Phi) is 4.50. The third-order valence-corrected chi connectivity index (χ3v) is 5.05. The Morgan fingerprint density at radius 3 is 2.62 bits per heavy atom. The number of piperidine rings is 1. The van der Waals surface area contributed by atoms with Gasteiger partial charge in [0.25, 0.3) is 5.91 Å². The van der Waals surface area contributed by atoms with Gasteiger partial charge < -0.3 is 14.4 Å². The molecule has 26 heavy (non-hydrogen) atoms. The van der Waals surface area contributed by atoms with Crippen molar-refractivity contribution in [2.75, 3.05) is 26.3 Å². The highest BCUT2D eigenvalue weighted by molar-refractivity contribution is 5.93. The lowest BCUT2D eigenvalue weighted by atomic mass is 10.0. The van der Waals surface area contributed by atoms with Crippen molar-refractivity contribution in [3.8, 4) is 11.3 Å². The molecule has 3 heterocycles. The fourth-order valence-corrected chi connectivity index (χ4v) is 3.64. The predicted octanol–water partition coefficient (Wildman–Crippen LogP) is 2.69. The van der Waals surface area contributed by atoms with E-state index in [9.17, 15) is 9.18 Å². The van der Waals surface area contributed by atoms with E-state index in [4.69, 9.17) is 9.47 Å². The van der Waals surface area contributed by atoms with Gasteiger partial charge in [-0.3, -0.25) is 9.48 Å². The zero-order valence-corrected chi connectivity index (χ0v) is 14.8. The average molecular weight is 359 g/mol. The summed E-state index contributed by atoms with van der Waals surface area (Å²) in [7, 11) is 0. The summed E-state index contributed by atoms with van der Waals surface area (Å²) < 4.78 is 26.7. The number of halogens is 1. The summed E-state index contributed by atoms with van der Waals surface area (Å²) in [6, 6.07) is 8.08. The molecule has 4 rings (SSSR count). The molecular weight excluding hydrogens is 337 g/mol. The van der Waals surface area contributed by atoms with E-state index in [2.05, 4.69) is 5.10 Å². The van der Waals surface area contributed by atoms with Gasteiger partial charge in [-0.25, -0.2) is 4.39 Å². The van der Waals surface area contributed by atoms with Crippen LogP contribution in [0.3, 0.4) is 0 Å². The molecule has 0 saturated carbocycles. The molecule has 0 N–H and O–H groups in total. The molecule has 1 aromatic heterocycles. The summed E-state index contributed by atoms with van der Waals surface area (Å²) in [5.41, 5.74) is 1.84. The molecule has 6 nitrogen and oxygen atoms in total. The number of carbonyl (C=O) groups excluding carboxylic acids is 1. The second-order valence-corrected chi connectivity index (χ2v) is 6.64. The van der Waals surface area contributed by atoms with Crippen molar-refractivity contribution in [2.24, 2.45) is 0 Å². The summed E-state index contributed by atoms with van der Waals surface area (Å²) >= 11 is 0. The number of nitrogens with zero attached hydrogens (tertiary/aromatic N) is 3. The molecule has 0 aliphatic carbocycles. The number of aryl methyl sites for hydroxylation is 1. The second kappa shape index (κ2) is 6.81. The fraction of sp³-hybridized carbons (Fsp3) is 0.474. The molecule has 2 aromatic rings. The SMILES string of the molecule is CCn1nc(C(=O)N2CCC3(CC2)OCCO3)cc1-c1cccc(F)c1. The zero-order valence-electron chi connectivity index (χ0n) is 14.8. The molecule has 138 valence electrons. The summed E-state index contributed by atoms with van der Waals surface area (Å²) in [6.45, 7) is 4.94. The minimum atomic E-state index is -0.508. The van der Waals surface area contributed by atoms with E-state index in [0.717, 1.165) is 5.69 Å². The molecule has 0 atom stereocenters. The summed E-state index contributed by atoms with van der Waals surface area (Å²) in [5.74, 6) is -0.924. The summed E-state index contributed by atoms with van der Waals surface area (Å²) in [4.78, 5) is 14.7. The normalized spacial score (nSPS) is 19.2. The summed E-state index contributed by atoms with van der Waals surface area (Å²) in [5, 5.41) is 4.44. The number of ether oxygens (including phenoxy) is 2. The molecule has 2 saturated heterocycles. The van der Waals surface area contributed by atoms with Crippen molar-refractivity contribution < 1.29 is 18.7 Å². The van der Waals surface area contributed by atoms with Crippen LogP contribution in [0, 0.1) is 5.82 Å². The maximum Gasteiger partial charge on any atom is 0.274 e. The number of carbonyl (C=O) groups is 1. The van der Waals surface area contributed by atoms with Crippen LogP contribution < -0.4 is 0 Å². The zero-order chi connectivity index (χ0) is 18.1. The molecular formula is C19H22FN3O3. The van der Waals surface area contributed by atoms with Crippen molar-refractivity contribution >= 4 is 5.91 Å². The number of hydrogen-bond acceptors (Lipinski definition) is 4. The van der Waals surface area contributed by atoms with Gasteiger partial charge in [0.1, 0.15) is 5.82 Å². The Balaban J connectivity index is 1.53. The van der Waals surface area contributed by atoms with E-state index >= 15 is 0 Å². The molecule has 0 bridgehead atoms. The van der Waals surface area contributed by atoms with E-state index in [0.29, 0.717) is 56.9 Å². The second-order valence-electron chi connectivity index (χ2n) is 6.64. The minimum absolute atomic E-state index is 0.109. The van der Waals surface area contributed by atoms with Crippen LogP contribution in [0.1, 0.15) is 30.3 Å². The van der Waals surface area contributed by atoms with Crippen LogP contribution in [0.25, 0.3) is 11.3 Å². The first-order valence-electron chi connectivity index (χ1n) is 9.01. The molecule has 1 spiro atoms. The number of hydrogen-bond donors (Lipinski definition) is 0. The molecule has 1 aromatic carbocycles. The minimum Gasteiger partial charge on any atom is -0.347 e. The highest BCUT2D eigenvalue weighted by Crippen LogP contribution is 2.32. The highest BCUT2D eigenvalue weighted by Gasteiger charge is 2.41. The topological polar surface area (TPSA) is 56.6 Å². The lowest BCUT2D eigenvalue weighted by Crippen LogP contribution is -2.47. The van der Waals surface area contributed by atoms with Crippen LogP contribution in [0.2, 0.25) is 0 Å². The van der Waals surface area contributed by atoms with E-state index in [1.165, 1.54) is 12.1 Å². The van der Waals surface area contributed by atoms with Gasteiger partial charge >= 0.3 is 0 Å². The third-order valence-electron chi connectivity index (χ3n) is 5.05. The van der Waals surface area contributed by atoms with Gasteiger partial charge in [-0.1, -0.05) is 12.1 Å². The van der Waals surface area contributed by atoms with Gasteiger partial charge in [-0.2, -0.15) is 5.10 Å². The van der Waals surface area contributed by atoms with Crippen LogP contribution >= 0.6 is 0 Å². The fourth-order valence-electron chi connectivity index (χ4n) is 3.64. The molecule has 0 unspecified atom stereocenters. The van der Waals surface area contributed by atoms with Gasteiger partial charge in [-0.15, -0.1) is 0 Å². The van der Waals surface area contributed by atoms with Crippen LogP contribution in [0.4, 0.5) is 4.39 Å². The van der Waals surface area contributed by atoms with Crippen LogP contribution in [-0.2, 0) is 16.0 Å². The Hall–Kier alpha value is -2.25. The number of likely N-dealkylation sites (tertiary alicyclic amines) is 1. The average Bonchev–Trinajstić information content (AvgIpc) is 3.29. The number of aromatic nitrogens is 2. The quantitative estimate of drug-likeness (QED) is 0.846. The molecule has 1 amide bonds. The Labute approximate surface area is 151 Å². The first-order chi connectivity index (χ1) is 12.6. The maximum absolute atomic E-state index is 13.6. The molecule has 2 aliphatic rings. The predicted molar refractivity (Wildman–Crippen MR) is 93.1 cm³/mol. The van der Waals surface area contributed by atoms with Gasteiger partial charge in [-0.05, 0) is 25.1 Å². The number of amides is 1. The van der Waals surface area contributed by atoms with Crippen molar-refractivity contribution in [1.29, 1.82) is 0 Å². The van der Waals surface area contributed by atoms with E-state index in [-0.39, 0.29) is 11.7 Å². The monoisotopic (exact) mass is 359 g/mol. The van der Waals surface area contributed by atoms with E-state index < -0.39 is 5.79 Å². The van der Waals surface area contributed by atoms with Crippen molar-refractivity contribution in [3.63, 3.8) is 0 Å². The Morgan fingerprint density at radius 1 is 1.23 bits per heavy atom. The molecule has 2 fully saturated rings. The molecule has 7 heteroatoms. The number of rotatable bonds is 3. The molecule has 0 radical (unpaired) electrons. The maximum atomic E-state index is 13.6. The van der Waals surface area contributed by atoms with E-state index in [1.807, 2.05) is 13.0 Å². The van der Waals surface area contributed by atoms with Crippen molar-refractivity contribution in [3.05, 3.63) is 41.8 Å². The van der Waals surface area contributed by atoms with Gasteiger partial charge in [0.2, 0.25) is 0 Å². The first kappa shape index (κ1) is 17.2. The van der Waals surface area contributed by atoms with Crippen LogP contribution in [0.15, 0.2) is 30.3 Å². The number of benzene rings is 1. The van der Waals surface area contributed by atoms with Gasteiger partial charge in [0.05, 0.1) is 18.9 Å². The van der Waals surface area contributed by atoms with Crippen LogP contribution in [-0.4, -0.2) is 52.7 Å². The molecule has 2 aliphatic heterocycles. The van der Waals surface area contributed by atoms with E-state index in [1.54, 1.807) is 21.7 Å². The van der Waals surface area contributed by atoms with Crippen molar-refractivity contribution in [2.45, 2.75) is 32.1 Å². The lowest BCUT2D eigenvalue weighted by molar-refractivity contribution is -0.181. The Morgan fingerprint density at radius 2 is 1.96 bits per heavy atom. The lowest BCUT2D eigenvalue weighted by Gasteiger charge is -2.37. The first-order valence-corrected chi connectivity index (χ1v) is 9.01. The van der Waals surface area contributed by atoms with Gasteiger partial charge in [0.15, 0.2) is 11.5 Å². The van der Waals surface area contributed by atoms with Crippen molar-refractivity contribution in [1.82, 2.24) is 14.7 Å². The highest BCUT2D eigenvalue weighted by atomic mass is 19.1. The Bertz CT molecular complexity index is 804. The third kappa shape index (κ3) is 3.12. The van der Waals surface area contributed by atoms with Gasteiger partial charge in [0, 0.05) is 38.0 Å².